The van der Waals surface area contributed by atoms with Gasteiger partial charge in [-0.3, -0.25) is 23.9 Å². The van der Waals surface area contributed by atoms with E-state index >= 15 is 4.79 Å². The van der Waals surface area contributed by atoms with Gasteiger partial charge in [0.15, 0.2) is 5.78 Å². The Bertz CT molecular complexity index is 2370. The van der Waals surface area contributed by atoms with E-state index in [1.54, 1.807) is 32.2 Å². The predicted octanol–water partition coefficient (Wildman–Crippen LogP) is 8.40. The number of hydrogen-bond acceptors (Lipinski definition) is 11. The number of allylic oxidation sites excluding steroid dienone is 2. The summed E-state index contributed by atoms with van der Waals surface area (Å²) in [5.41, 5.74) is -1.20. The number of carbonyl (C=O) groups excluding carboxylic acids is 4. The number of ether oxygens (including phenoxy) is 2. The number of esters is 1. The van der Waals surface area contributed by atoms with Gasteiger partial charge in [0.2, 0.25) is 27.4 Å². The number of benzene rings is 1. The van der Waals surface area contributed by atoms with Crippen LogP contribution < -0.4 is 9.46 Å². The minimum atomic E-state index is -4.87. The number of alkyl halides is 3. The summed E-state index contributed by atoms with van der Waals surface area (Å²) in [5.74, 6) is -4.81. The highest BCUT2D eigenvalue weighted by molar-refractivity contribution is 7.91. The topological polar surface area (TPSA) is 162 Å². The van der Waals surface area contributed by atoms with E-state index in [4.69, 9.17) is 14.5 Å². The highest BCUT2D eigenvalue weighted by atomic mass is 32.2. The molecular weight excluding hydrogens is 858 g/mol. The second-order valence-corrected chi connectivity index (χ2v) is 22.0. The van der Waals surface area contributed by atoms with Gasteiger partial charge in [0.1, 0.15) is 22.6 Å². The third kappa shape index (κ3) is 10.0. The fourth-order valence-electron chi connectivity index (χ4n) is 8.75. The second-order valence-electron chi connectivity index (χ2n) is 18.9. The number of sulfonamides is 1. The maximum atomic E-state index is 15.0. The molecule has 0 radical (unpaired) electrons. The molecule has 2 aliphatic heterocycles. The lowest BCUT2D eigenvalue weighted by Crippen LogP contribution is -2.48. The average Bonchev–Trinajstić information content (AvgIpc) is 3.95. The zero-order valence-electron chi connectivity index (χ0n) is 36.4. The van der Waals surface area contributed by atoms with E-state index in [1.807, 2.05) is 55.6 Å². The zero-order valence-corrected chi connectivity index (χ0v) is 38.0. The summed E-state index contributed by atoms with van der Waals surface area (Å²) < 4.78 is 81.0. The quantitative estimate of drug-likeness (QED) is 0.155. The van der Waals surface area contributed by atoms with Crippen LogP contribution in [0.1, 0.15) is 98.0 Å². The molecule has 0 unspecified atom stereocenters. The van der Waals surface area contributed by atoms with Crippen molar-refractivity contribution < 1.29 is 50.2 Å². The van der Waals surface area contributed by atoms with Gasteiger partial charge in [0.25, 0.3) is 0 Å². The lowest BCUT2D eigenvalue weighted by atomic mass is 9.82. The molecule has 0 spiro atoms. The Morgan fingerprint density at radius 3 is 2.40 bits per heavy atom. The highest BCUT2D eigenvalue weighted by Gasteiger charge is 2.63. The van der Waals surface area contributed by atoms with Gasteiger partial charge in [0.05, 0.1) is 40.8 Å². The van der Waals surface area contributed by atoms with E-state index in [0.717, 1.165) is 25.0 Å². The molecular formula is C46H55F3N4O8S2. The molecule has 4 heterocycles. The van der Waals surface area contributed by atoms with E-state index in [-0.39, 0.29) is 31.7 Å². The number of thiazole rings is 1. The number of carbonyl (C=O) groups is 4. The van der Waals surface area contributed by atoms with Crippen LogP contribution in [0.5, 0.6) is 5.75 Å². The maximum absolute atomic E-state index is 15.0. The molecule has 3 aromatic rings. The number of aryl methyl sites for hydroxylation is 1. The lowest BCUT2D eigenvalue weighted by molar-refractivity contribution is -0.257. The van der Waals surface area contributed by atoms with Crippen LogP contribution in [-0.2, 0) is 33.9 Å². The summed E-state index contributed by atoms with van der Waals surface area (Å²) >= 11 is 1.39. The molecule has 7 rings (SSSR count). The van der Waals surface area contributed by atoms with Gasteiger partial charge in [-0.2, -0.15) is 13.2 Å². The van der Waals surface area contributed by atoms with Gasteiger partial charge < -0.3 is 14.4 Å². The van der Waals surface area contributed by atoms with E-state index in [9.17, 15) is 36.0 Å². The molecule has 1 saturated heterocycles. The molecule has 2 amide bonds. The summed E-state index contributed by atoms with van der Waals surface area (Å²) in [6.07, 6.45) is 1.45. The molecule has 1 N–H and O–H groups in total. The Labute approximate surface area is 370 Å². The molecule has 7 atom stereocenters. The van der Waals surface area contributed by atoms with Crippen LogP contribution in [-0.4, -0.2) is 82.1 Å². The fourth-order valence-corrected chi connectivity index (χ4v) is 10.7. The molecule has 2 aromatic heterocycles. The van der Waals surface area contributed by atoms with Crippen LogP contribution in [0, 0.1) is 36.0 Å². The summed E-state index contributed by atoms with van der Waals surface area (Å²) in [5, 5.41) is 2.46. The average molecular weight is 913 g/mol. The van der Waals surface area contributed by atoms with Crippen molar-refractivity contribution >= 4 is 44.9 Å². The van der Waals surface area contributed by atoms with Crippen molar-refractivity contribution in [1.29, 1.82) is 0 Å². The third-order valence-corrected chi connectivity index (χ3v) is 16.3. The van der Waals surface area contributed by atoms with Crippen molar-refractivity contribution in [2.24, 2.45) is 29.1 Å². The number of hydrogen-bond donors (Lipinski definition) is 1. The molecule has 2 saturated carbocycles. The fraction of sp³-hybridized carbons (Fsp3) is 0.565. The Morgan fingerprint density at radius 1 is 1.05 bits per heavy atom. The predicted molar refractivity (Wildman–Crippen MR) is 231 cm³/mol. The zero-order chi connectivity index (χ0) is 45.7. The highest BCUT2D eigenvalue weighted by Crippen LogP contribution is 2.58. The molecule has 12 nitrogen and oxygen atoms in total. The van der Waals surface area contributed by atoms with Gasteiger partial charge in [-0.05, 0) is 84.0 Å². The SMILES string of the molecule is Cc1ccc(-c2cc(O[C@@H]3C[C@H]4C(=O)C[C@]5(C(=O)NS(=O)(=O)C6(C)CC6)C[C@H]5/C=C\CC[C@@H](C)C[C@@H](C)[C@H](CC(=O)OC(C)(C)C(F)(F)F)C(=O)N4C3)cc(-c3nccs3)n2)cc1. The van der Waals surface area contributed by atoms with Crippen LogP contribution in [0.3, 0.4) is 0 Å². The van der Waals surface area contributed by atoms with Gasteiger partial charge in [-0.1, -0.05) is 55.8 Å². The molecule has 340 valence electrons. The Morgan fingerprint density at radius 2 is 1.75 bits per heavy atom. The van der Waals surface area contributed by atoms with Crippen molar-refractivity contribution in [3.63, 3.8) is 0 Å². The Hall–Kier alpha value is -4.64. The van der Waals surface area contributed by atoms with Crippen molar-refractivity contribution in [3.8, 4) is 27.7 Å². The largest absolute Gasteiger partial charge is 0.488 e. The van der Waals surface area contributed by atoms with E-state index in [1.165, 1.54) is 16.2 Å². The first-order valence-electron chi connectivity index (χ1n) is 21.5. The normalized spacial score (nSPS) is 28.2. The minimum absolute atomic E-state index is 0.0120. The second kappa shape index (κ2) is 17.4. The molecule has 1 aromatic carbocycles. The molecule has 4 aliphatic rings. The first kappa shape index (κ1) is 46.4. The summed E-state index contributed by atoms with van der Waals surface area (Å²) in [7, 11) is -4.04. The van der Waals surface area contributed by atoms with Crippen molar-refractivity contribution in [2.45, 2.75) is 128 Å². The molecule has 17 heteroatoms. The number of ketones is 1. The Balaban J connectivity index is 1.24. The number of Topliss-reactive ketones (excluding diaryl/α,β-unsaturated/α-hetero) is 1. The van der Waals surface area contributed by atoms with E-state index in [2.05, 4.69) is 9.71 Å². The van der Waals surface area contributed by atoms with Gasteiger partial charge in [-0.25, -0.2) is 18.4 Å². The monoisotopic (exact) mass is 912 g/mol. The van der Waals surface area contributed by atoms with Crippen LogP contribution in [0.2, 0.25) is 0 Å². The number of rotatable bonds is 10. The molecule has 3 fully saturated rings. The summed E-state index contributed by atoms with van der Waals surface area (Å²) in [6.45, 7) is 8.67. The van der Waals surface area contributed by atoms with E-state index in [0.29, 0.717) is 54.2 Å². The van der Waals surface area contributed by atoms with E-state index < -0.39 is 91.8 Å². The van der Waals surface area contributed by atoms with Crippen molar-refractivity contribution in [3.05, 3.63) is 65.7 Å². The molecule has 63 heavy (non-hydrogen) atoms. The smallest absolute Gasteiger partial charge is 0.427 e. The number of nitrogens with one attached hydrogen (secondary N) is 1. The van der Waals surface area contributed by atoms with Crippen molar-refractivity contribution in [1.82, 2.24) is 19.6 Å². The first-order chi connectivity index (χ1) is 29.5. The van der Waals surface area contributed by atoms with Gasteiger partial charge in [-0.15, -0.1) is 11.3 Å². The van der Waals surface area contributed by atoms with Gasteiger partial charge in [0, 0.05) is 42.1 Å². The number of pyridine rings is 1. The summed E-state index contributed by atoms with van der Waals surface area (Å²) in [6, 6.07) is 10.1. The number of amides is 2. The minimum Gasteiger partial charge on any atom is -0.488 e. The number of nitrogens with zero attached hydrogens (tertiary/aromatic N) is 3. The van der Waals surface area contributed by atoms with Crippen molar-refractivity contribution in [2.75, 3.05) is 6.54 Å². The lowest BCUT2D eigenvalue weighted by Gasteiger charge is -2.33. The van der Waals surface area contributed by atoms with Crippen LogP contribution in [0.25, 0.3) is 22.0 Å². The van der Waals surface area contributed by atoms with Gasteiger partial charge >= 0.3 is 12.1 Å². The molecule has 2 aliphatic carbocycles. The molecule has 0 bridgehead atoms. The Kier molecular flexibility index (Phi) is 12.8. The first-order valence-corrected chi connectivity index (χ1v) is 23.9. The summed E-state index contributed by atoms with van der Waals surface area (Å²) in [4.78, 5) is 67.9. The third-order valence-electron chi connectivity index (χ3n) is 13.3. The van der Waals surface area contributed by atoms with Crippen LogP contribution in [0.15, 0.2) is 60.1 Å². The standard InChI is InChI=1S/C46H55F3N4O8S2/c1-27-11-13-30(14-12-27)35-20-32(21-36(51-35)40-50-17-18-62-40)60-33-22-37-38(54)25-45(42(57)52-63(58,59)44(6)15-16-44)24-31(45)10-8-7-9-28(2)19-29(3)34(41(56)53(37)26-33)23-39(55)61-43(4,5)46(47,48)49/h8,10-14,17-18,20-21,28-29,31,33-34,37H,7,9,15-16,19,22-26H2,1-6H3,(H,52,57)/b10-8-/t28-,29-,31-,33-,34+,37+,45-/m1/s1. The number of aromatic nitrogens is 2. The number of fused-ring (bicyclic) bond motifs is 2. The van der Waals surface area contributed by atoms with Crippen LogP contribution >= 0.6 is 11.3 Å². The number of halogens is 3. The maximum Gasteiger partial charge on any atom is 0.427 e. The van der Waals surface area contributed by atoms with Crippen LogP contribution in [0.4, 0.5) is 13.2 Å².